The summed E-state index contributed by atoms with van der Waals surface area (Å²) in [6.45, 7) is 4.25. The Morgan fingerprint density at radius 3 is 2.64 bits per heavy atom. The lowest BCUT2D eigenvalue weighted by Gasteiger charge is -2.32. The Labute approximate surface area is 149 Å². The van der Waals surface area contributed by atoms with Crippen LogP contribution in [0.1, 0.15) is 22.5 Å². The highest BCUT2D eigenvalue weighted by Gasteiger charge is 2.21. The van der Waals surface area contributed by atoms with Gasteiger partial charge in [-0.05, 0) is 37.6 Å². The molecule has 1 amide bonds. The van der Waals surface area contributed by atoms with Crippen molar-refractivity contribution in [1.29, 1.82) is 0 Å². The SMILES string of the molecule is CN1CCN(C(=O)c2cc(NCCCc3ccccc3)ccn2)CC1. The summed E-state index contributed by atoms with van der Waals surface area (Å²) in [5.74, 6) is 0.0287. The largest absolute Gasteiger partial charge is 0.385 e. The van der Waals surface area contributed by atoms with E-state index in [-0.39, 0.29) is 5.91 Å². The highest BCUT2D eigenvalue weighted by molar-refractivity contribution is 5.93. The predicted octanol–water partition coefficient (Wildman–Crippen LogP) is 2.51. The van der Waals surface area contributed by atoms with E-state index in [1.54, 1.807) is 6.20 Å². The average Bonchev–Trinajstić information content (AvgIpc) is 2.66. The van der Waals surface area contributed by atoms with Crippen LogP contribution in [0.25, 0.3) is 0 Å². The minimum absolute atomic E-state index is 0.0287. The van der Waals surface area contributed by atoms with Crippen molar-refractivity contribution in [3.05, 3.63) is 59.9 Å². The van der Waals surface area contributed by atoms with E-state index in [4.69, 9.17) is 0 Å². The molecule has 0 unspecified atom stereocenters. The lowest BCUT2D eigenvalue weighted by Crippen LogP contribution is -2.47. The van der Waals surface area contributed by atoms with Crippen LogP contribution in [-0.2, 0) is 6.42 Å². The van der Waals surface area contributed by atoms with Crippen LogP contribution in [0.4, 0.5) is 5.69 Å². The normalized spacial score (nSPS) is 15.2. The molecule has 5 nitrogen and oxygen atoms in total. The fourth-order valence-electron chi connectivity index (χ4n) is 3.00. The third kappa shape index (κ3) is 5.03. The van der Waals surface area contributed by atoms with Crippen molar-refractivity contribution in [1.82, 2.24) is 14.8 Å². The van der Waals surface area contributed by atoms with Crippen LogP contribution in [0, 0.1) is 0 Å². The predicted molar refractivity (Wildman–Crippen MR) is 101 cm³/mol. The molecule has 1 aliphatic heterocycles. The fourth-order valence-corrected chi connectivity index (χ4v) is 3.00. The number of benzene rings is 1. The van der Waals surface area contributed by atoms with E-state index in [9.17, 15) is 4.79 Å². The maximum Gasteiger partial charge on any atom is 0.272 e. The summed E-state index contributed by atoms with van der Waals surface area (Å²) in [4.78, 5) is 21.0. The van der Waals surface area contributed by atoms with Crippen LogP contribution in [-0.4, -0.2) is 60.5 Å². The number of amides is 1. The van der Waals surface area contributed by atoms with Gasteiger partial charge in [-0.15, -0.1) is 0 Å². The van der Waals surface area contributed by atoms with Gasteiger partial charge in [0.1, 0.15) is 5.69 Å². The number of nitrogens with one attached hydrogen (secondary N) is 1. The number of carbonyl (C=O) groups excluding carboxylic acids is 1. The van der Waals surface area contributed by atoms with E-state index in [2.05, 4.69) is 46.5 Å². The Hall–Kier alpha value is -2.40. The van der Waals surface area contributed by atoms with E-state index in [0.717, 1.165) is 51.3 Å². The smallest absolute Gasteiger partial charge is 0.272 e. The zero-order chi connectivity index (χ0) is 17.5. The van der Waals surface area contributed by atoms with E-state index >= 15 is 0 Å². The monoisotopic (exact) mass is 338 g/mol. The second kappa shape index (κ2) is 8.62. The number of aromatic nitrogens is 1. The summed E-state index contributed by atoms with van der Waals surface area (Å²) in [5, 5.41) is 3.40. The fraction of sp³-hybridized carbons (Fsp3) is 0.400. The molecule has 1 aromatic carbocycles. The first kappa shape index (κ1) is 17.4. The molecule has 1 aromatic heterocycles. The van der Waals surface area contributed by atoms with Gasteiger partial charge in [-0.25, -0.2) is 0 Å². The van der Waals surface area contributed by atoms with Gasteiger partial charge in [-0.1, -0.05) is 30.3 Å². The molecule has 0 spiro atoms. The Bertz CT molecular complexity index is 681. The maximum atomic E-state index is 12.6. The average molecular weight is 338 g/mol. The van der Waals surface area contributed by atoms with Gasteiger partial charge in [0.15, 0.2) is 0 Å². The van der Waals surface area contributed by atoms with Gasteiger partial charge in [0, 0.05) is 44.6 Å². The molecule has 5 heteroatoms. The van der Waals surface area contributed by atoms with E-state index < -0.39 is 0 Å². The number of rotatable bonds is 6. The van der Waals surface area contributed by atoms with Crippen LogP contribution in [0.5, 0.6) is 0 Å². The van der Waals surface area contributed by atoms with Crippen molar-refractivity contribution in [2.45, 2.75) is 12.8 Å². The van der Waals surface area contributed by atoms with Gasteiger partial charge < -0.3 is 15.1 Å². The van der Waals surface area contributed by atoms with Crippen LogP contribution in [0.3, 0.4) is 0 Å². The first-order chi connectivity index (χ1) is 12.2. The second-order valence-corrected chi connectivity index (χ2v) is 6.54. The highest BCUT2D eigenvalue weighted by Crippen LogP contribution is 2.12. The maximum absolute atomic E-state index is 12.6. The van der Waals surface area contributed by atoms with E-state index in [1.807, 2.05) is 23.1 Å². The summed E-state index contributed by atoms with van der Waals surface area (Å²) in [5.41, 5.74) is 2.84. The van der Waals surface area contributed by atoms with Gasteiger partial charge in [0.25, 0.3) is 5.91 Å². The molecule has 1 aliphatic rings. The van der Waals surface area contributed by atoms with Gasteiger partial charge in [0.2, 0.25) is 0 Å². The molecular formula is C20H26N4O. The molecule has 0 radical (unpaired) electrons. The zero-order valence-corrected chi connectivity index (χ0v) is 14.8. The molecule has 132 valence electrons. The summed E-state index contributed by atoms with van der Waals surface area (Å²) in [6, 6.07) is 14.3. The molecule has 0 saturated carbocycles. The van der Waals surface area contributed by atoms with Crippen LogP contribution in [0.2, 0.25) is 0 Å². The topological polar surface area (TPSA) is 48.5 Å². The molecule has 25 heavy (non-hydrogen) atoms. The molecule has 3 rings (SSSR count). The van der Waals surface area contributed by atoms with Crippen LogP contribution in [0.15, 0.2) is 48.7 Å². The standard InChI is InChI=1S/C20H26N4O/c1-23-12-14-24(15-13-23)20(25)19-16-18(9-11-22-19)21-10-5-8-17-6-3-2-4-7-17/h2-4,6-7,9,11,16H,5,8,10,12-15H2,1H3,(H,21,22). The van der Waals surface area contributed by atoms with Gasteiger partial charge in [-0.2, -0.15) is 0 Å². The second-order valence-electron chi connectivity index (χ2n) is 6.54. The lowest BCUT2D eigenvalue weighted by molar-refractivity contribution is 0.0658. The number of aryl methyl sites for hydroxylation is 1. The quantitative estimate of drug-likeness (QED) is 0.822. The van der Waals surface area contributed by atoms with Gasteiger partial charge >= 0.3 is 0 Å². The van der Waals surface area contributed by atoms with E-state index in [0.29, 0.717) is 5.69 Å². The number of hydrogen-bond acceptors (Lipinski definition) is 4. The Morgan fingerprint density at radius 2 is 1.88 bits per heavy atom. The highest BCUT2D eigenvalue weighted by atomic mass is 16.2. The summed E-state index contributed by atoms with van der Waals surface area (Å²) >= 11 is 0. The van der Waals surface area contributed by atoms with Crippen molar-refractivity contribution >= 4 is 11.6 Å². The number of pyridine rings is 1. The van der Waals surface area contributed by atoms with Crippen LogP contribution < -0.4 is 5.32 Å². The van der Waals surface area contributed by atoms with Crippen molar-refractivity contribution < 1.29 is 4.79 Å². The molecule has 1 N–H and O–H groups in total. The van der Waals surface area contributed by atoms with E-state index in [1.165, 1.54) is 5.56 Å². The molecule has 1 saturated heterocycles. The Morgan fingerprint density at radius 1 is 1.12 bits per heavy atom. The summed E-state index contributed by atoms with van der Waals surface area (Å²) in [7, 11) is 2.08. The molecule has 2 aromatic rings. The zero-order valence-electron chi connectivity index (χ0n) is 14.8. The molecule has 1 fully saturated rings. The minimum Gasteiger partial charge on any atom is -0.385 e. The molecule has 0 atom stereocenters. The summed E-state index contributed by atoms with van der Waals surface area (Å²) < 4.78 is 0. The van der Waals surface area contributed by atoms with Crippen molar-refractivity contribution in [3.8, 4) is 0 Å². The van der Waals surface area contributed by atoms with Crippen molar-refractivity contribution in [2.75, 3.05) is 45.1 Å². The first-order valence-electron chi connectivity index (χ1n) is 8.94. The molecule has 0 bridgehead atoms. The number of piperazine rings is 1. The molecule has 2 heterocycles. The minimum atomic E-state index is 0.0287. The Kier molecular flexibility index (Phi) is 6.01. The third-order valence-electron chi connectivity index (χ3n) is 4.58. The van der Waals surface area contributed by atoms with Crippen LogP contribution >= 0.6 is 0 Å². The molecule has 0 aliphatic carbocycles. The molecular weight excluding hydrogens is 312 g/mol. The van der Waals surface area contributed by atoms with Gasteiger partial charge in [0.05, 0.1) is 0 Å². The number of nitrogens with zero attached hydrogens (tertiary/aromatic N) is 3. The van der Waals surface area contributed by atoms with Crippen molar-refractivity contribution in [3.63, 3.8) is 0 Å². The van der Waals surface area contributed by atoms with Gasteiger partial charge in [-0.3, -0.25) is 9.78 Å². The number of hydrogen-bond donors (Lipinski definition) is 1. The first-order valence-corrected chi connectivity index (χ1v) is 8.94. The Balaban J connectivity index is 1.50. The number of carbonyl (C=O) groups is 1. The number of anilines is 1. The van der Waals surface area contributed by atoms with Crippen molar-refractivity contribution in [2.24, 2.45) is 0 Å². The third-order valence-corrected chi connectivity index (χ3v) is 4.58. The lowest BCUT2D eigenvalue weighted by atomic mass is 10.1. The number of likely N-dealkylation sites (N-methyl/N-ethyl adjacent to an activating group) is 1. The summed E-state index contributed by atoms with van der Waals surface area (Å²) in [6.07, 6.45) is 3.81.